The first-order valence-corrected chi connectivity index (χ1v) is 6.60. The first-order chi connectivity index (χ1) is 9.75. The van der Waals surface area contributed by atoms with Crippen LogP contribution in [-0.2, 0) is 6.42 Å². The lowest BCUT2D eigenvalue weighted by atomic mass is 10.3. The van der Waals surface area contributed by atoms with Crippen molar-refractivity contribution in [3.63, 3.8) is 0 Å². The van der Waals surface area contributed by atoms with Crippen LogP contribution < -0.4 is 11.1 Å². The van der Waals surface area contributed by atoms with Gasteiger partial charge in [0.2, 0.25) is 5.89 Å². The van der Waals surface area contributed by atoms with Crippen LogP contribution in [0.3, 0.4) is 0 Å². The fourth-order valence-electron chi connectivity index (χ4n) is 1.68. The molecule has 0 bridgehead atoms. The number of hydrogen-bond donors (Lipinski definition) is 2. The first-order valence-electron chi connectivity index (χ1n) is 5.78. The third-order valence-electron chi connectivity index (χ3n) is 2.60. The zero-order valence-corrected chi connectivity index (χ0v) is 11.1. The van der Waals surface area contributed by atoms with E-state index in [1.54, 1.807) is 12.4 Å². The number of hydrogen-bond acceptors (Lipinski definition) is 8. The summed E-state index contributed by atoms with van der Waals surface area (Å²) in [6.07, 6.45) is 4.89. The second kappa shape index (κ2) is 5.21. The molecule has 0 aliphatic carbocycles. The Morgan fingerprint density at radius 1 is 1.35 bits per heavy atom. The number of carbonyl (C=O) groups excluding carboxylic acids is 1. The zero-order valence-electron chi connectivity index (χ0n) is 10.2. The van der Waals surface area contributed by atoms with Crippen molar-refractivity contribution in [1.29, 1.82) is 0 Å². The SMILES string of the molecule is Nc1c(C(=O)NCCc2ncno2)sc2nccnc12. The molecule has 0 unspecified atom stereocenters. The number of nitrogens with one attached hydrogen (secondary N) is 1. The molecule has 0 radical (unpaired) electrons. The van der Waals surface area contributed by atoms with E-state index in [1.807, 2.05) is 0 Å². The average molecular weight is 290 g/mol. The van der Waals surface area contributed by atoms with Crippen molar-refractivity contribution in [3.05, 3.63) is 29.5 Å². The van der Waals surface area contributed by atoms with Gasteiger partial charge in [0, 0.05) is 25.4 Å². The number of nitrogen functional groups attached to an aromatic ring is 1. The number of nitrogens with two attached hydrogens (primary N) is 1. The molecule has 20 heavy (non-hydrogen) atoms. The molecule has 3 aromatic heterocycles. The fourth-order valence-corrected chi connectivity index (χ4v) is 2.62. The molecule has 0 atom stereocenters. The maximum absolute atomic E-state index is 12.1. The number of aromatic nitrogens is 4. The lowest BCUT2D eigenvalue weighted by Gasteiger charge is -2.01. The third kappa shape index (κ3) is 2.30. The molecule has 9 heteroatoms. The molecule has 0 fully saturated rings. The van der Waals surface area contributed by atoms with E-state index in [0.717, 1.165) is 0 Å². The lowest BCUT2D eigenvalue weighted by Crippen LogP contribution is -2.25. The highest BCUT2D eigenvalue weighted by Gasteiger charge is 2.17. The Labute approximate surface area is 117 Å². The molecule has 0 spiro atoms. The van der Waals surface area contributed by atoms with E-state index in [2.05, 4.69) is 25.4 Å². The Bertz CT molecular complexity index is 739. The summed E-state index contributed by atoms with van der Waals surface area (Å²) >= 11 is 1.22. The second-order valence-electron chi connectivity index (χ2n) is 3.90. The summed E-state index contributed by atoms with van der Waals surface area (Å²) in [7, 11) is 0. The largest absolute Gasteiger partial charge is 0.396 e. The highest BCUT2D eigenvalue weighted by molar-refractivity contribution is 7.21. The molecule has 3 heterocycles. The zero-order chi connectivity index (χ0) is 13.9. The lowest BCUT2D eigenvalue weighted by molar-refractivity contribution is 0.0958. The van der Waals surface area contributed by atoms with Crippen molar-refractivity contribution in [2.24, 2.45) is 0 Å². The number of fused-ring (bicyclic) bond motifs is 1. The van der Waals surface area contributed by atoms with Gasteiger partial charge in [-0.25, -0.2) is 9.97 Å². The summed E-state index contributed by atoms with van der Waals surface area (Å²) in [5.74, 6) is 0.213. The van der Waals surface area contributed by atoms with Crippen molar-refractivity contribution in [3.8, 4) is 0 Å². The number of carbonyl (C=O) groups is 1. The van der Waals surface area contributed by atoms with E-state index < -0.39 is 0 Å². The Morgan fingerprint density at radius 2 is 2.20 bits per heavy atom. The van der Waals surface area contributed by atoms with Gasteiger partial charge in [0.05, 0.1) is 5.69 Å². The van der Waals surface area contributed by atoms with Gasteiger partial charge in [-0.1, -0.05) is 5.16 Å². The molecule has 3 N–H and O–H groups in total. The predicted molar refractivity (Wildman–Crippen MR) is 72.2 cm³/mol. The van der Waals surface area contributed by atoms with Crippen molar-refractivity contribution in [2.45, 2.75) is 6.42 Å². The molecule has 0 saturated heterocycles. The topological polar surface area (TPSA) is 120 Å². The van der Waals surface area contributed by atoms with Gasteiger partial charge in [-0.2, -0.15) is 4.98 Å². The minimum Gasteiger partial charge on any atom is -0.396 e. The third-order valence-corrected chi connectivity index (χ3v) is 3.70. The van der Waals surface area contributed by atoms with E-state index in [0.29, 0.717) is 39.8 Å². The number of rotatable bonds is 4. The van der Waals surface area contributed by atoms with Crippen LogP contribution in [0.25, 0.3) is 10.3 Å². The Kier molecular flexibility index (Phi) is 3.25. The average Bonchev–Trinajstić information content (AvgIpc) is 3.08. The standard InChI is InChI=1S/C11H10N6O2S/c12-7-8-11(15-4-3-13-8)20-9(7)10(18)14-2-1-6-16-5-17-19-6/h3-5H,1-2,12H2,(H,14,18). The molecule has 1 amide bonds. The minimum atomic E-state index is -0.258. The summed E-state index contributed by atoms with van der Waals surface area (Å²) in [5.41, 5.74) is 6.82. The Morgan fingerprint density at radius 3 is 2.95 bits per heavy atom. The summed E-state index contributed by atoms with van der Waals surface area (Å²) in [5, 5.41) is 6.23. The van der Waals surface area contributed by atoms with E-state index in [1.165, 1.54) is 17.7 Å². The van der Waals surface area contributed by atoms with Crippen molar-refractivity contribution in [1.82, 2.24) is 25.4 Å². The van der Waals surface area contributed by atoms with Gasteiger partial charge in [0.25, 0.3) is 5.91 Å². The van der Waals surface area contributed by atoms with E-state index in [4.69, 9.17) is 10.3 Å². The van der Waals surface area contributed by atoms with Gasteiger partial charge < -0.3 is 15.6 Å². The van der Waals surface area contributed by atoms with Crippen LogP contribution in [0.15, 0.2) is 23.2 Å². The maximum Gasteiger partial charge on any atom is 0.263 e. The van der Waals surface area contributed by atoms with Crippen molar-refractivity contribution in [2.75, 3.05) is 12.3 Å². The van der Waals surface area contributed by atoms with Gasteiger partial charge in [0.15, 0.2) is 6.33 Å². The van der Waals surface area contributed by atoms with Crippen molar-refractivity contribution >= 4 is 33.3 Å². The predicted octanol–water partition coefficient (Wildman–Crippen LogP) is 0.629. The summed E-state index contributed by atoms with van der Waals surface area (Å²) in [4.78, 5) is 25.2. The summed E-state index contributed by atoms with van der Waals surface area (Å²) in [6, 6.07) is 0. The summed E-state index contributed by atoms with van der Waals surface area (Å²) < 4.78 is 4.84. The molecule has 0 aliphatic rings. The maximum atomic E-state index is 12.1. The number of nitrogens with zero attached hydrogens (tertiary/aromatic N) is 4. The molecular formula is C11H10N6O2S. The van der Waals surface area contributed by atoms with Gasteiger partial charge in [-0.3, -0.25) is 4.79 Å². The van der Waals surface area contributed by atoms with E-state index >= 15 is 0 Å². The second-order valence-corrected chi connectivity index (χ2v) is 4.89. The van der Waals surface area contributed by atoms with E-state index in [-0.39, 0.29) is 5.91 Å². The summed E-state index contributed by atoms with van der Waals surface area (Å²) in [6.45, 7) is 0.384. The van der Waals surface area contributed by atoms with Crippen LogP contribution in [0.4, 0.5) is 5.69 Å². The van der Waals surface area contributed by atoms with Crippen LogP contribution in [0.5, 0.6) is 0 Å². The van der Waals surface area contributed by atoms with Crippen LogP contribution in [0.2, 0.25) is 0 Å². The van der Waals surface area contributed by atoms with Crippen LogP contribution in [-0.4, -0.2) is 32.6 Å². The van der Waals surface area contributed by atoms with Crippen LogP contribution in [0, 0.1) is 0 Å². The van der Waals surface area contributed by atoms with Gasteiger partial charge in [0.1, 0.15) is 15.2 Å². The molecule has 3 aromatic rings. The van der Waals surface area contributed by atoms with Crippen molar-refractivity contribution < 1.29 is 9.32 Å². The first kappa shape index (κ1) is 12.5. The molecule has 0 aromatic carbocycles. The fraction of sp³-hybridized carbons (Fsp3) is 0.182. The minimum absolute atomic E-state index is 0.258. The smallest absolute Gasteiger partial charge is 0.263 e. The Hall–Kier alpha value is -2.55. The molecule has 0 saturated carbocycles. The monoisotopic (exact) mass is 290 g/mol. The number of anilines is 1. The number of amides is 1. The van der Waals surface area contributed by atoms with Crippen LogP contribution >= 0.6 is 11.3 Å². The van der Waals surface area contributed by atoms with Gasteiger partial charge >= 0.3 is 0 Å². The quantitative estimate of drug-likeness (QED) is 0.723. The Balaban J connectivity index is 1.71. The molecule has 8 nitrogen and oxygen atoms in total. The molecule has 0 aliphatic heterocycles. The van der Waals surface area contributed by atoms with Gasteiger partial charge in [-0.05, 0) is 0 Å². The highest BCUT2D eigenvalue weighted by atomic mass is 32.1. The van der Waals surface area contributed by atoms with Gasteiger partial charge in [-0.15, -0.1) is 11.3 Å². The number of thiophene rings is 1. The normalized spacial score (nSPS) is 10.8. The van der Waals surface area contributed by atoms with E-state index in [9.17, 15) is 4.79 Å². The van der Waals surface area contributed by atoms with Crippen LogP contribution in [0.1, 0.15) is 15.6 Å². The highest BCUT2D eigenvalue weighted by Crippen LogP contribution is 2.30. The molecule has 3 rings (SSSR count). The molecule has 102 valence electrons. The molecular weight excluding hydrogens is 280 g/mol.